The highest BCUT2D eigenvalue weighted by Gasteiger charge is 2.26. The van der Waals surface area contributed by atoms with Crippen LogP contribution in [0.2, 0.25) is 10.0 Å². The van der Waals surface area contributed by atoms with E-state index in [0.29, 0.717) is 46.9 Å². The van der Waals surface area contributed by atoms with E-state index in [-0.39, 0.29) is 11.1 Å². The van der Waals surface area contributed by atoms with E-state index in [4.69, 9.17) is 23.2 Å². The number of amides is 1. The second kappa shape index (κ2) is 13.3. The van der Waals surface area contributed by atoms with Crippen molar-refractivity contribution in [3.63, 3.8) is 0 Å². The largest absolute Gasteiger partial charge is 0.369 e. The molecule has 1 amide bonds. The summed E-state index contributed by atoms with van der Waals surface area (Å²) in [5.41, 5.74) is 2.70. The molecule has 4 rings (SSSR count). The zero-order valence-corrected chi connectivity index (χ0v) is 24.5. The SMILES string of the molecule is CC(C)(C)N1CCN(c2ccc(Nc3ncc(C(=O)Nc4c(Cl)cccc4Cl)c(NCCCC=O)n3)cc2)CC1. The van der Waals surface area contributed by atoms with Gasteiger partial charge >= 0.3 is 0 Å². The first kappa shape index (κ1) is 29.6. The lowest BCUT2D eigenvalue weighted by Crippen LogP contribution is -2.53. The van der Waals surface area contributed by atoms with Crippen LogP contribution in [0.5, 0.6) is 0 Å². The van der Waals surface area contributed by atoms with Crippen LogP contribution in [0.15, 0.2) is 48.7 Å². The van der Waals surface area contributed by atoms with Gasteiger partial charge in [-0.2, -0.15) is 4.98 Å². The van der Waals surface area contributed by atoms with Gasteiger partial charge in [-0.15, -0.1) is 0 Å². The Morgan fingerprint density at radius 3 is 2.33 bits per heavy atom. The van der Waals surface area contributed by atoms with E-state index in [1.54, 1.807) is 18.2 Å². The lowest BCUT2D eigenvalue weighted by atomic mass is 10.0. The molecule has 1 aromatic heterocycles. The molecule has 0 aliphatic carbocycles. The Morgan fingerprint density at radius 1 is 1.02 bits per heavy atom. The number of rotatable bonds is 10. The molecule has 11 heteroatoms. The third-order valence-corrected chi connectivity index (χ3v) is 7.37. The normalized spacial score (nSPS) is 14.1. The second-order valence-corrected chi connectivity index (χ2v) is 11.4. The molecule has 3 aromatic rings. The molecular formula is C29H35Cl2N7O2. The predicted octanol–water partition coefficient (Wildman–Crippen LogP) is 6.09. The van der Waals surface area contributed by atoms with Crippen LogP contribution in [0.4, 0.5) is 28.8 Å². The number of nitrogens with zero attached hydrogens (tertiary/aromatic N) is 4. The van der Waals surface area contributed by atoms with Gasteiger partial charge in [0.2, 0.25) is 5.95 Å². The number of aldehydes is 1. The Kier molecular flexibility index (Phi) is 9.84. The Hall–Kier alpha value is -3.40. The number of benzene rings is 2. The standard InChI is InChI=1S/C29H35Cl2N7O2/c1-29(2,3)38-16-14-37(15-17-38)21-11-9-20(10-12-21)34-28-33-19-22(26(36-28)32-13-4-5-18-39)27(40)35-25-23(30)7-6-8-24(25)31/h6-12,18-19H,4-5,13-17H2,1-3H3,(H,35,40)(H2,32,33,34,36). The number of unbranched alkanes of at least 4 members (excludes halogenated alkanes) is 1. The van der Waals surface area contributed by atoms with Crippen molar-refractivity contribution in [2.24, 2.45) is 0 Å². The minimum Gasteiger partial charge on any atom is -0.369 e. The van der Waals surface area contributed by atoms with Crippen molar-refractivity contribution in [3.8, 4) is 0 Å². The molecule has 0 saturated carbocycles. The zero-order valence-electron chi connectivity index (χ0n) is 23.0. The van der Waals surface area contributed by atoms with Gasteiger partial charge in [-0.1, -0.05) is 29.3 Å². The number of para-hydroxylation sites is 1. The fourth-order valence-corrected chi connectivity index (χ4v) is 4.95. The van der Waals surface area contributed by atoms with Crippen LogP contribution in [0.25, 0.3) is 0 Å². The number of halogens is 2. The smallest absolute Gasteiger partial charge is 0.261 e. The summed E-state index contributed by atoms with van der Waals surface area (Å²) in [6.07, 6.45) is 3.30. The number of hydrogen-bond donors (Lipinski definition) is 3. The third kappa shape index (κ3) is 7.62. The van der Waals surface area contributed by atoms with Gasteiger partial charge in [0.05, 0.1) is 15.7 Å². The van der Waals surface area contributed by atoms with E-state index in [1.807, 2.05) is 12.1 Å². The average molecular weight is 585 g/mol. The predicted molar refractivity (Wildman–Crippen MR) is 163 cm³/mol. The van der Waals surface area contributed by atoms with Crippen molar-refractivity contribution >= 4 is 64.2 Å². The molecule has 2 heterocycles. The zero-order chi connectivity index (χ0) is 28.7. The van der Waals surface area contributed by atoms with Gasteiger partial charge in [0.25, 0.3) is 5.91 Å². The molecule has 3 N–H and O–H groups in total. The lowest BCUT2D eigenvalue weighted by molar-refractivity contribution is -0.107. The molecule has 1 aliphatic heterocycles. The molecule has 0 spiro atoms. The van der Waals surface area contributed by atoms with Crippen molar-refractivity contribution in [2.45, 2.75) is 39.2 Å². The van der Waals surface area contributed by atoms with E-state index < -0.39 is 5.91 Å². The fraction of sp³-hybridized carbons (Fsp3) is 0.379. The third-order valence-electron chi connectivity index (χ3n) is 6.74. The topological polar surface area (TPSA) is 102 Å². The second-order valence-electron chi connectivity index (χ2n) is 10.6. The molecule has 2 aromatic carbocycles. The van der Waals surface area contributed by atoms with Crippen LogP contribution in [-0.2, 0) is 4.79 Å². The van der Waals surface area contributed by atoms with Gasteiger partial charge in [-0.25, -0.2) is 4.98 Å². The number of carbonyl (C=O) groups is 2. The van der Waals surface area contributed by atoms with Gasteiger partial charge in [-0.05, 0) is 63.6 Å². The maximum atomic E-state index is 13.1. The first-order valence-electron chi connectivity index (χ1n) is 13.3. The van der Waals surface area contributed by atoms with Crippen molar-refractivity contribution < 1.29 is 9.59 Å². The Labute approximate surface area is 245 Å². The summed E-state index contributed by atoms with van der Waals surface area (Å²) in [5, 5.41) is 9.75. The van der Waals surface area contributed by atoms with Crippen LogP contribution in [0.1, 0.15) is 44.0 Å². The highest BCUT2D eigenvalue weighted by atomic mass is 35.5. The first-order valence-corrected chi connectivity index (χ1v) is 14.1. The number of nitrogens with one attached hydrogen (secondary N) is 3. The quantitative estimate of drug-likeness (QED) is 0.194. The molecule has 0 radical (unpaired) electrons. The number of aromatic nitrogens is 2. The molecule has 1 aliphatic rings. The molecule has 212 valence electrons. The van der Waals surface area contributed by atoms with Gasteiger partial charge in [0.15, 0.2) is 0 Å². The van der Waals surface area contributed by atoms with Crippen molar-refractivity contribution in [1.82, 2.24) is 14.9 Å². The molecule has 40 heavy (non-hydrogen) atoms. The Bertz CT molecular complexity index is 1300. The Morgan fingerprint density at radius 2 is 1.70 bits per heavy atom. The van der Waals surface area contributed by atoms with Crippen molar-refractivity contribution in [2.75, 3.05) is 53.6 Å². The summed E-state index contributed by atoms with van der Waals surface area (Å²) < 4.78 is 0. The van der Waals surface area contributed by atoms with E-state index in [0.717, 1.165) is 38.2 Å². The summed E-state index contributed by atoms with van der Waals surface area (Å²) in [5.74, 6) is 0.199. The van der Waals surface area contributed by atoms with Gasteiger partial charge in [0, 0.05) is 62.3 Å². The van der Waals surface area contributed by atoms with Crippen LogP contribution in [-0.4, -0.2) is 65.3 Å². The summed E-state index contributed by atoms with van der Waals surface area (Å²) >= 11 is 12.5. The maximum Gasteiger partial charge on any atom is 0.261 e. The van der Waals surface area contributed by atoms with E-state index >= 15 is 0 Å². The number of carbonyl (C=O) groups excluding carboxylic acids is 2. The minimum absolute atomic E-state index is 0.180. The van der Waals surface area contributed by atoms with Crippen LogP contribution in [0, 0.1) is 0 Å². The molecular weight excluding hydrogens is 549 g/mol. The van der Waals surface area contributed by atoms with E-state index in [9.17, 15) is 9.59 Å². The van der Waals surface area contributed by atoms with E-state index in [1.165, 1.54) is 11.9 Å². The fourth-order valence-electron chi connectivity index (χ4n) is 4.45. The highest BCUT2D eigenvalue weighted by Crippen LogP contribution is 2.31. The average Bonchev–Trinajstić information content (AvgIpc) is 2.93. The number of anilines is 5. The number of piperazine rings is 1. The first-order chi connectivity index (χ1) is 19.2. The van der Waals surface area contributed by atoms with Gasteiger partial charge in [-0.3, -0.25) is 9.69 Å². The highest BCUT2D eigenvalue weighted by molar-refractivity contribution is 6.40. The molecule has 0 atom stereocenters. The van der Waals surface area contributed by atoms with Crippen LogP contribution >= 0.6 is 23.2 Å². The summed E-state index contributed by atoms with van der Waals surface area (Å²) in [6.45, 7) is 11.2. The van der Waals surface area contributed by atoms with Crippen molar-refractivity contribution in [3.05, 3.63) is 64.3 Å². The molecule has 1 saturated heterocycles. The lowest BCUT2D eigenvalue weighted by Gasteiger charge is -2.43. The summed E-state index contributed by atoms with van der Waals surface area (Å²) in [7, 11) is 0. The van der Waals surface area contributed by atoms with E-state index in [2.05, 4.69) is 68.6 Å². The summed E-state index contributed by atoms with van der Waals surface area (Å²) in [6, 6.07) is 13.1. The monoisotopic (exact) mass is 583 g/mol. The molecule has 0 unspecified atom stereocenters. The van der Waals surface area contributed by atoms with Gasteiger partial charge < -0.3 is 25.6 Å². The maximum absolute atomic E-state index is 13.1. The van der Waals surface area contributed by atoms with Crippen LogP contribution in [0.3, 0.4) is 0 Å². The minimum atomic E-state index is -0.463. The van der Waals surface area contributed by atoms with Gasteiger partial charge in [0.1, 0.15) is 17.7 Å². The molecule has 1 fully saturated rings. The van der Waals surface area contributed by atoms with Crippen LogP contribution < -0.4 is 20.9 Å². The van der Waals surface area contributed by atoms with Crippen molar-refractivity contribution in [1.29, 1.82) is 0 Å². The summed E-state index contributed by atoms with van der Waals surface area (Å²) in [4.78, 5) is 37.7. The molecule has 9 nitrogen and oxygen atoms in total. The Balaban J connectivity index is 1.47. The number of hydrogen-bond acceptors (Lipinski definition) is 8. The molecule has 0 bridgehead atoms.